The molecule has 2 aromatic carbocycles. The van der Waals surface area contributed by atoms with E-state index in [0.717, 1.165) is 33.6 Å². The molecule has 2 rings (SSSR count). The molecule has 0 aliphatic rings. The van der Waals surface area contributed by atoms with Crippen molar-refractivity contribution >= 4 is 21.6 Å². The van der Waals surface area contributed by atoms with Crippen LogP contribution >= 0.6 is 15.9 Å². The summed E-state index contributed by atoms with van der Waals surface area (Å²) in [4.78, 5) is 2.19. The molecule has 4 heteroatoms. The lowest BCUT2D eigenvalue weighted by Gasteiger charge is -2.22. The van der Waals surface area contributed by atoms with Crippen molar-refractivity contribution in [3.63, 3.8) is 0 Å². The first-order valence-electron chi connectivity index (χ1n) is 6.91. The summed E-state index contributed by atoms with van der Waals surface area (Å²) in [7, 11) is 3.77. The number of benzene rings is 2. The second kappa shape index (κ2) is 6.96. The Bertz CT molecular complexity index is 613. The van der Waals surface area contributed by atoms with Crippen LogP contribution in [-0.4, -0.2) is 14.2 Å². The van der Waals surface area contributed by atoms with Gasteiger partial charge in [0.25, 0.3) is 0 Å². The number of nitrogens with two attached hydrogens (primary N) is 1. The first-order chi connectivity index (χ1) is 10.0. The van der Waals surface area contributed by atoms with Crippen LogP contribution < -0.4 is 15.4 Å². The monoisotopic (exact) mass is 348 g/mol. The van der Waals surface area contributed by atoms with Crippen molar-refractivity contribution in [3.8, 4) is 5.75 Å². The Hall–Kier alpha value is -1.52. The van der Waals surface area contributed by atoms with Crippen molar-refractivity contribution in [2.24, 2.45) is 5.73 Å². The highest BCUT2D eigenvalue weighted by Crippen LogP contribution is 2.28. The summed E-state index contributed by atoms with van der Waals surface area (Å²) in [6, 6.07) is 14.4. The SMILES string of the molecule is COc1ccccc1CN(C)c1ccc(C(C)N)c(Br)c1. The molecule has 0 aromatic heterocycles. The fourth-order valence-corrected chi connectivity index (χ4v) is 3.03. The molecular weight excluding hydrogens is 328 g/mol. The van der Waals surface area contributed by atoms with Crippen LogP contribution in [0.4, 0.5) is 5.69 Å². The van der Waals surface area contributed by atoms with E-state index in [-0.39, 0.29) is 6.04 Å². The highest BCUT2D eigenvalue weighted by Gasteiger charge is 2.10. The van der Waals surface area contributed by atoms with E-state index in [0.29, 0.717) is 0 Å². The summed E-state index contributed by atoms with van der Waals surface area (Å²) in [5.74, 6) is 0.913. The smallest absolute Gasteiger partial charge is 0.123 e. The third-order valence-electron chi connectivity index (χ3n) is 3.52. The van der Waals surface area contributed by atoms with Gasteiger partial charge in [0.1, 0.15) is 5.75 Å². The zero-order valence-corrected chi connectivity index (χ0v) is 14.2. The predicted octanol–water partition coefficient (Wildman–Crippen LogP) is 4.11. The third-order valence-corrected chi connectivity index (χ3v) is 4.20. The maximum Gasteiger partial charge on any atom is 0.123 e. The van der Waals surface area contributed by atoms with E-state index < -0.39 is 0 Å². The molecule has 0 bridgehead atoms. The summed E-state index contributed by atoms with van der Waals surface area (Å²) in [6.45, 7) is 2.77. The fraction of sp³-hybridized carbons (Fsp3) is 0.294. The summed E-state index contributed by atoms with van der Waals surface area (Å²) >= 11 is 3.60. The third kappa shape index (κ3) is 3.77. The van der Waals surface area contributed by atoms with Crippen LogP contribution in [0, 0.1) is 0 Å². The Morgan fingerprint density at radius 1 is 1.24 bits per heavy atom. The van der Waals surface area contributed by atoms with E-state index in [1.807, 2.05) is 25.1 Å². The number of hydrogen-bond donors (Lipinski definition) is 1. The number of nitrogens with zero attached hydrogens (tertiary/aromatic N) is 1. The zero-order chi connectivity index (χ0) is 15.4. The van der Waals surface area contributed by atoms with Gasteiger partial charge in [-0.05, 0) is 30.7 Å². The van der Waals surface area contributed by atoms with Crippen molar-refractivity contribution in [1.29, 1.82) is 0 Å². The minimum atomic E-state index is 0.0212. The number of rotatable bonds is 5. The second-order valence-corrected chi connectivity index (χ2v) is 6.02. The summed E-state index contributed by atoms with van der Waals surface area (Å²) in [5, 5.41) is 0. The standard InChI is InChI=1S/C17H21BrN2O/c1-12(19)15-9-8-14(10-16(15)18)20(2)11-13-6-4-5-7-17(13)21-3/h4-10,12H,11,19H2,1-3H3. The number of hydrogen-bond acceptors (Lipinski definition) is 3. The molecule has 0 saturated heterocycles. The molecule has 1 unspecified atom stereocenters. The molecule has 0 heterocycles. The average Bonchev–Trinajstić information content (AvgIpc) is 2.47. The predicted molar refractivity (Wildman–Crippen MR) is 91.8 cm³/mol. The molecule has 0 radical (unpaired) electrons. The molecule has 0 saturated carbocycles. The minimum absolute atomic E-state index is 0.0212. The lowest BCUT2D eigenvalue weighted by atomic mass is 10.1. The summed E-state index contributed by atoms with van der Waals surface area (Å²) < 4.78 is 6.45. The Labute approximate surface area is 134 Å². The van der Waals surface area contributed by atoms with Gasteiger partial charge in [0.2, 0.25) is 0 Å². The van der Waals surface area contributed by atoms with E-state index in [4.69, 9.17) is 10.5 Å². The van der Waals surface area contributed by atoms with Gasteiger partial charge in [-0.1, -0.05) is 40.2 Å². The highest BCUT2D eigenvalue weighted by molar-refractivity contribution is 9.10. The van der Waals surface area contributed by atoms with Gasteiger partial charge < -0.3 is 15.4 Å². The molecule has 0 spiro atoms. The van der Waals surface area contributed by atoms with E-state index in [1.54, 1.807) is 7.11 Å². The zero-order valence-electron chi connectivity index (χ0n) is 12.6. The molecule has 3 nitrogen and oxygen atoms in total. The van der Waals surface area contributed by atoms with Crippen molar-refractivity contribution in [3.05, 3.63) is 58.1 Å². The number of ether oxygens (including phenoxy) is 1. The van der Waals surface area contributed by atoms with E-state index in [9.17, 15) is 0 Å². The summed E-state index contributed by atoms with van der Waals surface area (Å²) in [5.41, 5.74) is 9.36. The van der Waals surface area contributed by atoms with Crippen LogP contribution in [0.1, 0.15) is 24.1 Å². The van der Waals surface area contributed by atoms with Crippen molar-refractivity contribution in [1.82, 2.24) is 0 Å². The van der Waals surface area contributed by atoms with Gasteiger partial charge in [-0.3, -0.25) is 0 Å². The van der Waals surface area contributed by atoms with Gasteiger partial charge in [-0.15, -0.1) is 0 Å². The fourth-order valence-electron chi connectivity index (χ4n) is 2.30. The Balaban J connectivity index is 2.20. The minimum Gasteiger partial charge on any atom is -0.496 e. The van der Waals surface area contributed by atoms with Gasteiger partial charge in [0, 0.05) is 35.4 Å². The molecule has 112 valence electrons. The first-order valence-corrected chi connectivity index (χ1v) is 7.70. The van der Waals surface area contributed by atoms with Crippen LogP contribution in [0.3, 0.4) is 0 Å². The molecule has 0 aliphatic carbocycles. The highest BCUT2D eigenvalue weighted by atomic mass is 79.9. The number of anilines is 1. The van der Waals surface area contributed by atoms with Gasteiger partial charge in [-0.2, -0.15) is 0 Å². The van der Waals surface area contributed by atoms with E-state index in [2.05, 4.69) is 52.1 Å². The molecule has 0 fully saturated rings. The Morgan fingerprint density at radius 3 is 2.57 bits per heavy atom. The van der Waals surface area contributed by atoms with Gasteiger partial charge >= 0.3 is 0 Å². The Morgan fingerprint density at radius 2 is 1.95 bits per heavy atom. The molecular formula is C17H21BrN2O. The molecule has 2 N–H and O–H groups in total. The average molecular weight is 349 g/mol. The number of para-hydroxylation sites is 1. The number of halogens is 1. The van der Waals surface area contributed by atoms with Crippen LogP contribution in [0.5, 0.6) is 5.75 Å². The first kappa shape index (κ1) is 15.9. The number of methoxy groups -OCH3 is 1. The summed E-state index contributed by atoms with van der Waals surface area (Å²) in [6.07, 6.45) is 0. The molecule has 0 aliphatic heterocycles. The van der Waals surface area contributed by atoms with E-state index in [1.165, 1.54) is 0 Å². The molecule has 21 heavy (non-hydrogen) atoms. The van der Waals surface area contributed by atoms with Crippen molar-refractivity contribution in [2.75, 3.05) is 19.1 Å². The van der Waals surface area contributed by atoms with Crippen LogP contribution in [0.25, 0.3) is 0 Å². The van der Waals surface area contributed by atoms with Crippen LogP contribution in [0.2, 0.25) is 0 Å². The van der Waals surface area contributed by atoms with Crippen molar-refractivity contribution in [2.45, 2.75) is 19.5 Å². The maximum atomic E-state index is 5.94. The van der Waals surface area contributed by atoms with E-state index >= 15 is 0 Å². The maximum absolute atomic E-state index is 5.94. The van der Waals surface area contributed by atoms with Crippen LogP contribution in [-0.2, 0) is 6.54 Å². The normalized spacial score (nSPS) is 12.0. The van der Waals surface area contributed by atoms with Gasteiger partial charge in [0.15, 0.2) is 0 Å². The lowest BCUT2D eigenvalue weighted by molar-refractivity contribution is 0.409. The molecule has 0 amide bonds. The second-order valence-electron chi connectivity index (χ2n) is 5.16. The van der Waals surface area contributed by atoms with Crippen LogP contribution in [0.15, 0.2) is 46.9 Å². The quantitative estimate of drug-likeness (QED) is 0.883. The molecule has 1 atom stereocenters. The van der Waals surface area contributed by atoms with Gasteiger partial charge in [0.05, 0.1) is 7.11 Å². The lowest BCUT2D eigenvalue weighted by Crippen LogP contribution is -2.17. The topological polar surface area (TPSA) is 38.5 Å². The molecule has 2 aromatic rings. The Kier molecular flexibility index (Phi) is 5.26. The van der Waals surface area contributed by atoms with Crippen molar-refractivity contribution < 1.29 is 4.74 Å². The van der Waals surface area contributed by atoms with Gasteiger partial charge in [-0.25, -0.2) is 0 Å². The largest absolute Gasteiger partial charge is 0.496 e.